The largest absolute Gasteiger partial charge is 0.494 e. The van der Waals surface area contributed by atoms with Gasteiger partial charge in [-0.2, -0.15) is 4.98 Å². The number of rotatable bonds is 13. The summed E-state index contributed by atoms with van der Waals surface area (Å²) in [6.07, 6.45) is 1.92. The number of nitro benzene ring substituents is 1. The molecule has 2 heterocycles. The average Bonchev–Trinajstić information content (AvgIpc) is 3.41. The second-order valence-corrected chi connectivity index (χ2v) is 11.0. The molecule has 0 aliphatic heterocycles. The van der Waals surface area contributed by atoms with E-state index in [1.165, 1.54) is 18.7 Å². The van der Waals surface area contributed by atoms with E-state index >= 15 is 0 Å². The molecule has 216 valence electrons. The van der Waals surface area contributed by atoms with Crippen molar-refractivity contribution in [3.05, 3.63) is 75.8 Å². The second kappa shape index (κ2) is 13.0. The molecule has 0 radical (unpaired) electrons. The Balaban J connectivity index is 1.81. The van der Waals surface area contributed by atoms with Crippen molar-refractivity contribution in [3.63, 3.8) is 0 Å². The highest BCUT2D eigenvalue weighted by Crippen LogP contribution is 2.41. The Kier molecular flexibility index (Phi) is 9.41. The van der Waals surface area contributed by atoms with E-state index in [1.54, 1.807) is 17.4 Å². The molecule has 0 bridgehead atoms. The first-order valence-electron chi connectivity index (χ1n) is 13.4. The summed E-state index contributed by atoms with van der Waals surface area (Å²) in [5.41, 5.74) is 4.61. The number of methoxy groups -OCH3 is 1. The van der Waals surface area contributed by atoms with Crippen LogP contribution in [0.3, 0.4) is 0 Å². The van der Waals surface area contributed by atoms with Crippen LogP contribution in [0.1, 0.15) is 25.8 Å². The van der Waals surface area contributed by atoms with Gasteiger partial charge in [0.05, 0.1) is 33.6 Å². The van der Waals surface area contributed by atoms with Gasteiger partial charge in [0, 0.05) is 38.0 Å². The lowest BCUT2D eigenvalue weighted by Crippen LogP contribution is -2.29. The maximum Gasteiger partial charge on any atom is 0.294 e. The van der Waals surface area contributed by atoms with Crippen LogP contribution in [0.5, 0.6) is 5.75 Å². The van der Waals surface area contributed by atoms with Crippen molar-refractivity contribution < 1.29 is 9.66 Å². The van der Waals surface area contributed by atoms with Crippen molar-refractivity contribution >= 4 is 56.1 Å². The topological polar surface area (TPSA) is 99.9 Å². The van der Waals surface area contributed by atoms with Crippen LogP contribution in [0, 0.1) is 10.1 Å². The summed E-state index contributed by atoms with van der Waals surface area (Å²) in [6.45, 7) is 9.74. The molecule has 2 aromatic heterocycles. The Morgan fingerprint density at radius 1 is 1.12 bits per heavy atom. The Labute approximate surface area is 245 Å². The molecule has 0 saturated heterocycles. The normalized spacial score (nSPS) is 11.1. The van der Waals surface area contributed by atoms with Crippen LogP contribution in [-0.2, 0) is 6.42 Å². The van der Waals surface area contributed by atoms with Crippen LogP contribution in [0.25, 0.3) is 10.2 Å². The summed E-state index contributed by atoms with van der Waals surface area (Å²) in [4.78, 5) is 27.3. The third-order valence-corrected chi connectivity index (χ3v) is 7.56. The van der Waals surface area contributed by atoms with Crippen molar-refractivity contribution in [2.75, 3.05) is 56.5 Å². The van der Waals surface area contributed by atoms with Crippen LogP contribution in [-0.4, -0.2) is 61.1 Å². The molecule has 0 aliphatic carbocycles. The van der Waals surface area contributed by atoms with E-state index in [0.717, 1.165) is 41.0 Å². The zero-order valence-corrected chi connectivity index (χ0v) is 25.3. The van der Waals surface area contributed by atoms with E-state index in [9.17, 15) is 10.1 Å². The Hall–Kier alpha value is -4.22. The van der Waals surface area contributed by atoms with E-state index in [1.807, 2.05) is 61.4 Å². The van der Waals surface area contributed by atoms with Gasteiger partial charge in [0.15, 0.2) is 5.82 Å². The second-order valence-electron chi connectivity index (χ2n) is 10.1. The summed E-state index contributed by atoms with van der Waals surface area (Å²) in [5.74, 6) is 1.44. The molecule has 0 saturated carbocycles. The van der Waals surface area contributed by atoms with E-state index in [-0.39, 0.29) is 10.6 Å². The van der Waals surface area contributed by atoms with Crippen molar-refractivity contribution in [3.8, 4) is 5.75 Å². The molecular formula is C30H37N7O3S. The lowest BCUT2D eigenvalue weighted by atomic mass is 10.1. The standard InChI is InChI=1S/C30H37N7O3S/c1-8-11-21-12-9-10-13-24(21)36(20(2)3)29-28-22(14-17-41-28)31-30(33-29)32-23-18-26(37(38)39)25(19-27(23)40-7)35(6)16-15-34(4)5/h9-10,12-14,17-19H,2,8,11,15-16H2,1,3-7H3,(H,31,32,33). The van der Waals surface area contributed by atoms with Crippen molar-refractivity contribution in [2.24, 2.45) is 0 Å². The summed E-state index contributed by atoms with van der Waals surface area (Å²) < 4.78 is 6.59. The molecule has 10 nitrogen and oxygen atoms in total. The number of aryl methyl sites for hydroxylation is 1. The first-order valence-corrected chi connectivity index (χ1v) is 14.3. The van der Waals surface area contributed by atoms with Gasteiger partial charge in [-0.1, -0.05) is 38.1 Å². The minimum Gasteiger partial charge on any atom is -0.494 e. The number of para-hydroxylation sites is 1. The molecule has 0 atom stereocenters. The SMILES string of the molecule is C=C(C)N(c1ccccc1CCC)c1nc(Nc2cc([N+](=O)[O-])c(N(C)CCN(C)C)cc2OC)nc2ccsc12. The molecule has 4 rings (SSSR count). The third kappa shape index (κ3) is 6.58. The number of allylic oxidation sites excluding steroid dienone is 1. The lowest BCUT2D eigenvalue weighted by Gasteiger charge is -2.27. The Morgan fingerprint density at radius 2 is 1.88 bits per heavy atom. The zero-order chi connectivity index (χ0) is 29.7. The van der Waals surface area contributed by atoms with Gasteiger partial charge in [-0.3, -0.25) is 15.0 Å². The quantitative estimate of drug-likeness (QED) is 0.134. The van der Waals surface area contributed by atoms with Gasteiger partial charge in [0.1, 0.15) is 11.4 Å². The Bertz CT molecular complexity index is 1550. The first kappa shape index (κ1) is 29.8. The number of hydrogen-bond donors (Lipinski definition) is 1. The molecule has 4 aromatic rings. The zero-order valence-electron chi connectivity index (χ0n) is 24.5. The minimum absolute atomic E-state index is 0.0385. The van der Waals surface area contributed by atoms with Crippen LogP contribution in [0.2, 0.25) is 0 Å². The van der Waals surface area contributed by atoms with Crippen LogP contribution >= 0.6 is 11.3 Å². The molecule has 0 spiro atoms. The predicted octanol–water partition coefficient (Wildman–Crippen LogP) is 6.97. The lowest BCUT2D eigenvalue weighted by molar-refractivity contribution is -0.384. The molecule has 0 unspecified atom stereocenters. The fourth-order valence-corrected chi connectivity index (χ4v) is 5.44. The number of anilines is 5. The molecule has 0 amide bonds. The molecule has 1 N–H and O–H groups in total. The van der Waals surface area contributed by atoms with Crippen LogP contribution in [0.15, 0.2) is 60.1 Å². The molecule has 41 heavy (non-hydrogen) atoms. The van der Waals surface area contributed by atoms with Gasteiger partial charge in [-0.25, -0.2) is 4.98 Å². The fraction of sp³-hybridized carbons (Fsp3) is 0.333. The molecule has 0 fully saturated rings. The van der Waals surface area contributed by atoms with Crippen molar-refractivity contribution in [2.45, 2.75) is 26.7 Å². The number of nitro groups is 1. The first-order chi connectivity index (χ1) is 19.6. The number of benzene rings is 2. The number of aromatic nitrogens is 2. The smallest absolute Gasteiger partial charge is 0.294 e. The van der Waals surface area contributed by atoms with Gasteiger partial charge in [0.25, 0.3) is 5.69 Å². The van der Waals surface area contributed by atoms with Gasteiger partial charge >= 0.3 is 0 Å². The summed E-state index contributed by atoms with van der Waals surface area (Å²) in [5, 5.41) is 17.3. The molecular weight excluding hydrogens is 538 g/mol. The highest BCUT2D eigenvalue weighted by Gasteiger charge is 2.24. The Morgan fingerprint density at radius 3 is 2.54 bits per heavy atom. The van der Waals surface area contributed by atoms with E-state index in [4.69, 9.17) is 14.7 Å². The van der Waals surface area contributed by atoms with Gasteiger partial charge in [-0.15, -0.1) is 11.3 Å². The number of likely N-dealkylation sites (N-methyl/N-ethyl adjacent to an activating group) is 2. The highest BCUT2D eigenvalue weighted by molar-refractivity contribution is 7.17. The number of nitrogens with one attached hydrogen (secondary N) is 1. The summed E-state index contributed by atoms with van der Waals surface area (Å²) >= 11 is 1.56. The van der Waals surface area contributed by atoms with E-state index in [0.29, 0.717) is 35.4 Å². The summed E-state index contributed by atoms with van der Waals surface area (Å²) in [7, 11) is 7.30. The number of hydrogen-bond acceptors (Lipinski definition) is 10. The van der Waals surface area contributed by atoms with E-state index < -0.39 is 0 Å². The van der Waals surface area contributed by atoms with Crippen LogP contribution < -0.4 is 19.9 Å². The van der Waals surface area contributed by atoms with Gasteiger partial charge in [0.2, 0.25) is 5.95 Å². The molecule has 0 aliphatic rings. The average molecular weight is 576 g/mol. The number of fused-ring (bicyclic) bond motifs is 1. The van der Waals surface area contributed by atoms with Gasteiger partial charge in [-0.05, 0) is 50.5 Å². The van der Waals surface area contributed by atoms with Crippen LogP contribution in [0.4, 0.5) is 34.5 Å². The maximum atomic E-state index is 12.1. The van der Waals surface area contributed by atoms with E-state index in [2.05, 4.69) is 35.9 Å². The number of ether oxygens (including phenoxy) is 1. The number of nitrogens with zero attached hydrogens (tertiary/aromatic N) is 6. The minimum atomic E-state index is -0.381. The third-order valence-electron chi connectivity index (χ3n) is 6.66. The van der Waals surface area contributed by atoms with Crippen molar-refractivity contribution in [1.29, 1.82) is 0 Å². The highest BCUT2D eigenvalue weighted by atomic mass is 32.1. The number of thiophene rings is 1. The fourth-order valence-electron chi connectivity index (χ4n) is 4.63. The monoisotopic (exact) mass is 575 g/mol. The van der Waals surface area contributed by atoms with Crippen molar-refractivity contribution in [1.82, 2.24) is 14.9 Å². The predicted molar refractivity (Wildman–Crippen MR) is 170 cm³/mol. The van der Waals surface area contributed by atoms with Gasteiger partial charge < -0.3 is 19.9 Å². The maximum absolute atomic E-state index is 12.1. The molecule has 11 heteroatoms. The summed E-state index contributed by atoms with van der Waals surface area (Å²) in [6, 6.07) is 13.4. The molecule has 2 aromatic carbocycles.